The summed E-state index contributed by atoms with van der Waals surface area (Å²) in [6.45, 7) is 0.196. The van der Waals surface area contributed by atoms with Crippen molar-refractivity contribution in [3.8, 4) is 17.2 Å². The molecule has 2 aliphatic heterocycles. The van der Waals surface area contributed by atoms with Crippen LogP contribution < -0.4 is 14.8 Å². The summed E-state index contributed by atoms with van der Waals surface area (Å²) in [4.78, 5) is 35.4. The number of nitrogens with one attached hydrogen (secondary N) is 1. The van der Waals surface area contributed by atoms with E-state index < -0.39 is 11.9 Å². The number of ether oxygens (including phenoxy) is 2. The first kappa shape index (κ1) is 15.3. The monoisotopic (exact) mass is 343 g/mol. The standard InChI is InChI=1S/C17H13NO7/c19-12(18-7-8-2-1-3-23-8)4-9-15(22)10-5-13(20)24-17(10)11-6-14(21)25-16(9)11/h1-3,22H,4-7H2,(H,18,19). The molecule has 2 aromatic rings. The van der Waals surface area contributed by atoms with Crippen LogP contribution in [0.1, 0.15) is 22.5 Å². The summed E-state index contributed by atoms with van der Waals surface area (Å²) in [5.41, 5.74) is 0.864. The zero-order valence-electron chi connectivity index (χ0n) is 13.0. The highest BCUT2D eigenvalue weighted by atomic mass is 16.6. The predicted octanol–water partition coefficient (Wildman–Crippen LogP) is 0.767. The van der Waals surface area contributed by atoms with E-state index >= 15 is 0 Å². The van der Waals surface area contributed by atoms with Gasteiger partial charge in [-0.1, -0.05) is 0 Å². The van der Waals surface area contributed by atoms with Crippen LogP contribution in [-0.4, -0.2) is 23.0 Å². The van der Waals surface area contributed by atoms with Gasteiger partial charge in [0.1, 0.15) is 23.0 Å². The predicted molar refractivity (Wildman–Crippen MR) is 81.0 cm³/mol. The molecule has 0 spiro atoms. The molecule has 128 valence electrons. The van der Waals surface area contributed by atoms with Gasteiger partial charge in [0.25, 0.3) is 0 Å². The minimum absolute atomic E-state index is 0.0633. The molecule has 8 nitrogen and oxygen atoms in total. The maximum Gasteiger partial charge on any atom is 0.315 e. The fraction of sp³-hybridized carbons (Fsp3) is 0.235. The summed E-state index contributed by atoms with van der Waals surface area (Å²) >= 11 is 0. The molecule has 0 saturated carbocycles. The lowest BCUT2D eigenvalue weighted by atomic mass is 9.97. The van der Waals surface area contributed by atoms with Crippen LogP contribution in [0.4, 0.5) is 0 Å². The average Bonchev–Trinajstić information content (AvgIpc) is 3.28. The van der Waals surface area contributed by atoms with Crippen LogP contribution in [0.3, 0.4) is 0 Å². The van der Waals surface area contributed by atoms with Crippen molar-refractivity contribution in [2.24, 2.45) is 0 Å². The molecule has 0 atom stereocenters. The van der Waals surface area contributed by atoms with Crippen molar-refractivity contribution in [3.63, 3.8) is 0 Å². The van der Waals surface area contributed by atoms with E-state index in [0.717, 1.165) is 0 Å². The van der Waals surface area contributed by atoms with Crippen LogP contribution in [0.5, 0.6) is 17.2 Å². The lowest BCUT2D eigenvalue weighted by Crippen LogP contribution is -2.24. The number of furan rings is 1. The second kappa shape index (κ2) is 5.66. The Balaban J connectivity index is 1.62. The quantitative estimate of drug-likeness (QED) is 0.622. The fourth-order valence-electron chi connectivity index (χ4n) is 3.01. The molecule has 2 aliphatic rings. The van der Waals surface area contributed by atoms with E-state index in [0.29, 0.717) is 11.3 Å². The number of aromatic hydroxyl groups is 1. The number of benzene rings is 1. The summed E-state index contributed by atoms with van der Waals surface area (Å²) in [6.07, 6.45) is 1.12. The average molecular weight is 343 g/mol. The van der Waals surface area contributed by atoms with E-state index in [1.165, 1.54) is 6.26 Å². The number of phenolic OH excluding ortho intramolecular Hbond substituents is 1. The topological polar surface area (TPSA) is 115 Å². The van der Waals surface area contributed by atoms with Gasteiger partial charge < -0.3 is 24.3 Å². The lowest BCUT2D eigenvalue weighted by molar-refractivity contribution is -0.133. The van der Waals surface area contributed by atoms with E-state index in [1.54, 1.807) is 12.1 Å². The molecular weight excluding hydrogens is 330 g/mol. The van der Waals surface area contributed by atoms with Gasteiger partial charge in [-0.25, -0.2) is 0 Å². The van der Waals surface area contributed by atoms with Crippen molar-refractivity contribution in [3.05, 3.63) is 40.8 Å². The normalized spacial score (nSPS) is 14.7. The van der Waals surface area contributed by atoms with Crippen LogP contribution in [0, 0.1) is 0 Å². The number of amides is 1. The zero-order valence-corrected chi connectivity index (χ0v) is 13.0. The Morgan fingerprint density at radius 3 is 2.56 bits per heavy atom. The van der Waals surface area contributed by atoms with Gasteiger partial charge in [0.2, 0.25) is 5.91 Å². The largest absolute Gasteiger partial charge is 0.507 e. The summed E-state index contributed by atoms with van der Waals surface area (Å²) < 4.78 is 15.4. The van der Waals surface area contributed by atoms with Gasteiger partial charge in [0, 0.05) is 16.7 Å². The molecule has 4 rings (SSSR count). The molecule has 25 heavy (non-hydrogen) atoms. The zero-order chi connectivity index (χ0) is 17.6. The van der Waals surface area contributed by atoms with E-state index in [1.807, 2.05) is 0 Å². The van der Waals surface area contributed by atoms with Gasteiger partial charge >= 0.3 is 11.9 Å². The molecule has 1 aromatic heterocycles. The molecule has 1 aromatic carbocycles. The Bertz CT molecular complexity index is 898. The molecule has 0 fully saturated rings. The third-order valence-electron chi connectivity index (χ3n) is 4.12. The SMILES string of the molecule is O=C(Cc1c(O)c2c(c3c1OC(=O)C3)OC(=O)C2)NCc1ccco1. The first-order chi connectivity index (χ1) is 12.0. The van der Waals surface area contributed by atoms with E-state index in [9.17, 15) is 19.5 Å². The molecule has 0 unspecified atom stereocenters. The lowest BCUT2D eigenvalue weighted by Gasteiger charge is -2.13. The molecule has 0 saturated heterocycles. The minimum Gasteiger partial charge on any atom is -0.507 e. The summed E-state index contributed by atoms with van der Waals surface area (Å²) in [7, 11) is 0. The molecule has 0 bridgehead atoms. The number of carbonyl (C=O) groups excluding carboxylic acids is 3. The fourth-order valence-corrected chi connectivity index (χ4v) is 3.01. The van der Waals surface area contributed by atoms with Gasteiger partial charge in [-0.15, -0.1) is 0 Å². The second-order valence-electron chi connectivity index (χ2n) is 5.78. The van der Waals surface area contributed by atoms with Gasteiger partial charge in [-0.05, 0) is 12.1 Å². The third kappa shape index (κ3) is 2.61. The number of hydrogen-bond donors (Lipinski definition) is 2. The van der Waals surface area contributed by atoms with Gasteiger partial charge in [-0.2, -0.15) is 0 Å². The smallest absolute Gasteiger partial charge is 0.315 e. The van der Waals surface area contributed by atoms with Crippen LogP contribution in [0.15, 0.2) is 22.8 Å². The number of carbonyl (C=O) groups is 3. The highest BCUT2D eigenvalue weighted by molar-refractivity contribution is 5.92. The Kier molecular flexibility index (Phi) is 3.45. The molecule has 0 aliphatic carbocycles. The molecule has 8 heteroatoms. The number of fused-ring (bicyclic) bond motifs is 3. The van der Waals surface area contributed by atoms with Crippen molar-refractivity contribution in [2.75, 3.05) is 0 Å². The highest BCUT2D eigenvalue weighted by Gasteiger charge is 2.38. The highest BCUT2D eigenvalue weighted by Crippen LogP contribution is 2.48. The Hall–Kier alpha value is -3.29. The van der Waals surface area contributed by atoms with Crippen molar-refractivity contribution in [1.82, 2.24) is 5.32 Å². The maximum absolute atomic E-state index is 12.2. The minimum atomic E-state index is -0.525. The van der Waals surface area contributed by atoms with E-state index in [2.05, 4.69) is 5.32 Å². The van der Waals surface area contributed by atoms with Crippen molar-refractivity contribution in [1.29, 1.82) is 0 Å². The van der Waals surface area contributed by atoms with Crippen LogP contribution in [-0.2, 0) is 40.2 Å². The Labute approximate surface area is 141 Å². The number of hydrogen-bond acceptors (Lipinski definition) is 7. The summed E-state index contributed by atoms with van der Waals surface area (Å²) in [5, 5.41) is 13.1. The molecular formula is C17H13NO7. The van der Waals surface area contributed by atoms with E-state index in [4.69, 9.17) is 13.9 Å². The van der Waals surface area contributed by atoms with Crippen molar-refractivity contribution in [2.45, 2.75) is 25.8 Å². The first-order valence-corrected chi connectivity index (χ1v) is 7.63. The molecule has 0 radical (unpaired) electrons. The number of phenols is 1. The van der Waals surface area contributed by atoms with Gasteiger partial charge in [0.15, 0.2) is 0 Å². The van der Waals surface area contributed by atoms with Gasteiger partial charge in [-0.3, -0.25) is 14.4 Å². The summed E-state index contributed by atoms with van der Waals surface area (Å²) in [6, 6.07) is 3.42. The van der Waals surface area contributed by atoms with Crippen LogP contribution in [0.25, 0.3) is 0 Å². The third-order valence-corrected chi connectivity index (χ3v) is 4.12. The second-order valence-corrected chi connectivity index (χ2v) is 5.78. The number of esters is 2. The summed E-state index contributed by atoms with van der Waals surface area (Å²) in [5.74, 6) is -0.826. The Morgan fingerprint density at radius 1 is 1.12 bits per heavy atom. The van der Waals surface area contributed by atoms with Crippen LogP contribution in [0.2, 0.25) is 0 Å². The van der Waals surface area contributed by atoms with E-state index in [-0.39, 0.29) is 60.1 Å². The van der Waals surface area contributed by atoms with Crippen LogP contribution >= 0.6 is 0 Å². The maximum atomic E-state index is 12.2. The molecule has 3 heterocycles. The van der Waals surface area contributed by atoms with Gasteiger partial charge in [0.05, 0.1) is 32.1 Å². The molecule has 2 N–H and O–H groups in total. The number of rotatable bonds is 4. The van der Waals surface area contributed by atoms with Crippen molar-refractivity contribution >= 4 is 17.8 Å². The molecule has 1 amide bonds. The Morgan fingerprint density at radius 2 is 1.84 bits per heavy atom. The first-order valence-electron chi connectivity index (χ1n) is 7.63. The van der Waals surface area contributed by atoms with Crippen molar-refractivity contribution < 1.29 is 33.4 Å².